The zero-order chi connectivity index (χ0) is 11.0. The van der Waals surface area contributed by atoms with Crippen LogP contribution in [0.15, 0.2) is 29.4 Å². The second-order valence-electron chi connectivity index (χ2n) is 1.88. The summed E-state index contributed by atoms with van der Waals surface area (Å²) in [6.07, 6.45) is 2.68. The van der Waals surface area contributed by atoms with Gasteiger partial charge in [0.2, 0.25) is 0 Å². The van der Waals surface area contributed by atoms with Crippen LogP contribution in [0.1, 0.15) is 0 Å². The Hall–Kier alpha value is -0.360. The van der Waals surface area contributed by atoms with Crippen LogP contribution in [0.2, 0.25) is 0 Å². The van der Waals surface area contributed by atoms with Crippen LogP contribution in [0.5, 0.6) is 0 Å². The molecule has 0 saturated carbocycles. The van der Waals surface area contributed by atoms with Crippen LogP contribution in [-0.4, -0.2) is 13.2 Å². The smallest absolute Gasteiger partial charge is 0.280 e. The Bertz CT molecular complexity index is 264. The van der Waals surface area contributed by atoms with E-state index < -0.39 is 19.2 Å². The van der Waals surface area contributed by atoms with Gasteiger partial charge in [-0.3, -0.25) is 8.37 Å². The molecule has 0 atom stereocenters. The van der Waals surface area contributed by atoms with Gasteiger partial charge in [0.05, 0.1) is 13.2 Å². The lowest BCUT2D eigenvalue weighted by molar-refractivity contribution is 0.316. The SMILES string of the molecule is C=CCOS(=NP(=O)(F)F)OCC=C. The van der Waals surface area contributed by atoms with Crippen molar-refractivity contribution in [3.8, 4) is 0 Å². The quantitative estimate of drug-likeness (QED) is 0.511. The minimum absolute atomic E-state index is 0.0102. The summed E-state index contributed by atoms with van der Waals surface area (Å²) in [6, 6.07) is 0. The summed E-state index contributed by atoms with van der Waals surface area (Å²) in [7, 11) is -5.48. The largest absolute Gasteiger partial charge is 0.539 e. The van der Waals surface area contributed by atoms with Crippen LogP contribution >= 0.6 is 7.91 Å². The van der Waals surface area contributed by atoms with E-state index in [-0.39, 0.29) is 13.2 Å². The molecule has 0 aromatic heterocycles. The van der Waals surface area contributed by atoms with E-state index in [1.165, 1.54) is 12.2 Å². The van der Waals surface area contributed by atoms with Gasteiger partial charge in [0.1, 0.15) is 0 Å². The predicted molar refractivity (Wildman–Crippen MR) is 51.9 cm³/mol. The molecule has 8 heteroatoms. The van der Waals surface area contributed by atoms with E-state index in [4.69, 9.17) is 8.37 Å². The lowest BCUT2D eigenvalue weighted by atomic mass is 10.7. The van der Waals surface area contributed by atoms with Crippen molar-refractivity contribution in [3.05, 3.63) is 25.3 Å². The molecule has 14 heavy (non-hydrogen) atoms. The lowest BCUT2D eigenvalue weighted by Gasteiger charge is -2.04. The molecule has 0 aliphatic heterocycles. The molecule has 0 unspecified atom stereocenters. The first-order valence-corrected chi connectivity index (χ1v) is 5.92. The predicted octanol–water partition coefficient (Wildman–Crippen LogP) is 3.07. The zero-order valence-electron chi connectivity index (χ0n) is 7.27. The molecule has 0 bridgehead atoms. The van der Waals surface area contributed by atoms with Crippen molar-refractivity contribution in [1.82, 2.24) is 0 Å². The zero-order valence-corrected chi connectivity index (χ0v) is 8.98. The molecule has 4 nitrogen and oxygen atoms in total. The Morgan fingerprint density at radius 3 is 2.00 bits per heavy atom. The van der Waals surface area contributed by atoms with Crippen molar-refractivity contribution >= 4 is 19.2 Å². The van der Waals surface area contributed by atoms with Gasteiger partial charge in [-0.05, 0) is 0 Å². The third-order valence-corrected chi connectivity index (χ3v) is 2.70. The van der Waals surface area contributed by atoms with Crippen LogP contribution in [0.4, 0.5) is 8.39 Å². The van der Waals surface area contributed by atoms with Gasteiger partial charge in [0.25, 0.3) is 0 Å². The van der Waals surface area contributed by atoms with Crippen LogP contribution < -0.4 is 0 Å². The molecular weight excluding hydrogens is 235 g/mol. The van der Waals surface area contributed by atoms with Gasteiger partial charge in [-0.25, -0.2) is 4.57 Å². The number of halogens is 2. The summed E-state index contributed by atoms with van der Waals surface area (Å²) in [6.45, 7) is 6.61. The number of rotatable bonds is 7. The molecule has 0 aliphatic rings. The number of hydrogen-bond donors (Lipinski definition) is 0. The van der Waals surface area contributed by atoms with Crippen molar-refractivity contribution in [2.75, 3.05) is 13.2 Å². The molecule has 0 rings (SSSR count). The van der Waals surface area contributed by atoms with Gasteiger partial charge in [-0.15, -0.1) is 21.6 Å². The Labute approximate surface area is 83.8 Å². The normalized spacial score (nSPS) is 11.4. The highest BCUT2D eigenvalue weighted by molar-refractivity contribution is 7.82. The fraction of sp³-hybridized carbons (Fsp3) is 0.333. The molecule has 0 aromatic carbocycles. The number of hydrogen-bond acceptors (Lipinski definition) is 3. The highest BCUT2D eigenvalue weighted by atomic mass is 32.2. The Morgan fingerprint density at radius 1 is 1.29 bits per heavy atom. The standard InChI is InChI=1S/C6H10F2NO3PS/c1-3-5-11-14(12-6-4-2)9-13(7,8)10/h3-4H,1-2,5-6H2. The third-order valence-electron chi connectivity index (χ3n) is 0.735. The van der Waals surface area contributed by atoms with Gasteiger partial charge in [0, 0.05) is 0 Å². The Balaban J connectivity index is 4.36. The van der Waals surface area contributed by atoms with E-state index in [0.29, 0.717) is 0 Å². The summed E-state index contributed by atoms with van der Waals surface area (Å²) < 4.78 is 46.0. The summed E-state index contributed by atoms with van der Waals surface area (Å²) in [5, 5.41) is 0. The molecular formula is C6H10F2NO3PS. The highest BCUT2D eigenvalue weighted by Gasteiger charge is 2.19. The second kappa shape index (κ2) is 7.00. The first kappa shape index (κ1) is 13.6. The molecule has 0 fully saturated rings. The van der Waals surface area contributed by atoms with E-state index in [2.05, 4.69) is 17.3 Å². The maximum Gasteiger partial charge on any atom is 0.539 e. The molecule has 0 aliphatic carbocycles. The van der Waals surface area contributed by atoms with Gasteiger partial charge >= 0.3 is 7.91 Å². The molecule has 0 spiro atoms. The van der Waals surface area contributed by atoms with Crippen LogP contribution in [0.3, 0.4) is 0 Å². The van der Waals surface area contributed by atoms with E-state index in [9.17, 15) is 13.0 Å². The summed E-state index contributed by atoms with van der Waals surface area (Å²) >= 11 is -1.82. The molecule has 0 amide bonds. The van der Waals surface area contributed by atoms with Gasteiger partial charge in [-0.2, -0.15) is 0 Å². The van der Waals surface area contributed by atoms with E-state index in [1.54, 1.807) is 0 Å². The molecule has 0 N–H and O–H groups in total. The van der Waals surface area contributed by atoms with E-state index in [1.807, 2.05) is 0 Å². The highest BCUT2D eigenvalue weighted by Crippen LogP contribution is 2.51. The maximum atomic E-state index is 12.0. The van der Waals surface area contributed by atoms with Crippen LogP contribution in [0, 0.1) is 0 Å². The van der Waals surface area contributed by atoms with Gasteiger partial charge < -0.3 is 0 Å². The fourth-order valence-corrected chi connectivity index (χ4v) is 1.86. The summed E-state index contributed by atoms with van der Waals surface area (Å²) in [4.78, 5) is 0. The van der Waals surface area contributed by atoms with E-state index >= 15 is 0 Å². The second-order valence-corrected chi connectivity index (χ2v) is 4.31. The first-order chi connectivity index (χ1) is 6.49. The third kappa shape index (κ3) is 8.25. The minimum Gasteiger partial charge on any atom is -0.280 e. The van der Waals surface area contributed by atoms with Crippen LogP contribution in [-0.2, 0) is 24.2 Å². The summed E-state index contributed by atoms with van der Waals surface area (Å²) in [5.74, 6) is 0. The van der Waals surface area contributed by atoms with Crippen molar-refractivity contribution in [1.29, 1.82) is 0 Å². The van der Waals surface area contributed by atoms with Crippen molar-refractivity contribution in [3.63, 3.8) is 0 Å². The lowest BCUT2D eigenvalue weighted by Crippen LogP contribution is -2.01. The first-order valence-electron chi connectivity index (χ1n) is 3.45. The fourth-order valence-electron chi connectivity index (χ4n) is 0.371. The average Bonchev–Trinajstić information content (AvgIpc) is 2.07. The summed E-state index contributed by atoms with van der Waals surface area (Å²) in [5.41, 5.74) is 0. The monoisotopic (exact) mass is 245 g/mol. The minimum atomic E-state index is -5.48. The van der Waals surface area contributed by atoms with E-state index in [0.717, 1.165) is 0 Å². The molecule has 0 radical (unpaired) electrons. The van der Waals surface area contributed by atoms with Crippen LogP contribution in [0.25, 0.3) is 0 Å². The molecule has 0 aromatic rings. The topological polar surface area (TPSA) is 47.9 Å². The number of nitrogens with zero attached hydrogens (tertiary/aromatic N) is 1. The van der Waals surface area contributed by atoms with Gasteiger partial charge in [-0.1, -0.05) is 16.3 Å². The Kier molecular flexibility index (Phi) is 6.82. The average molecular weight is 245 g/mol. The van der Waals surface area contributed by atoms with Crippen molar-refractivity contribution in [2.24, 2.45) is 4.13 Å². The maximum absolute atomic E-state index is 12.0. The molecule has 0 heterocycles. The van der Waals surface area contributed by atoms with Crippen molar-refractivity contribution in [2.45, 2.75) is 0 Å². The van der Waals surface area contributed by atoms with Crippen molar-refractivity contribution < 1.29 is 21.3 Å². The Morgan fingerprint density at radius 2 is 1.71 bits per heavy atom. The molecule has 82 valence electrons. The molecule has 0 saturated heterocycles. The van der Waals surface area contributed by atoms with Gasteiger partial charge in [0.15, 0.2) is 11.3 Å².